The van der Waals surface area contributed by atoms with Crippen molar-refractivity contribution in [1.82, 2.24) is 16.0 Å². The van der Waals surface area contributed by atoms with Crippen molar-refractivity contribution in [3.8, 4) is 0 Å². The van der Waals surface area contributed by atoms with Gasteiger partial charge in [0.2, 0.25) is 23.6 Å². The molecule has 0 heterocycles. The summed E-state index contributed by atoms with van der Waals surface area (Å²) in [4.78, 5) is 70.0. The van der Waals surface area contributed by atoms with E-state index in [1.807, 2.05) is 0 Å². The summed E-state index contributed by atoms with van der Waals surface area (Å²) in [6, 6.07) is -4.82. The zero-order chi connectivity index (χ0) is 24.3. The number of amides is 4. The van der Waals surface area contributed by atoms with Gasteiger partial charge in [-0.1, -0.05) is 13.8 Å². The van der Waals surface area contributed by atoms with Crippen molar-refractivity contribution < 1.29 is 39.0 Å². The molecule has 0 rings (SSSR count). The van der Waals surface area contributed by atoms with Crippen LogP contribution >= 0.6 is 0 Å². The van der Waals surface area contributed by atoms with Gasteiger partial charge in [0, 0.05) is 12.8 Å². The lowest BCUT2D eigenvalue weighted by Crippen LogP contribution is -2.58. The van der Waals surface area contributed by atoms with Gasteiger partial charge in [-0.05, 0) is 25.7 Å². The van der Waals surface area contributed by atoms with E-state index in [-0.39, 0.29) is 19.3 Å². The highest BCUT2D eigenvalue weighted by molar-refractivity contribution is 5.94. The van der Waals surface area contributed by atoms with Gasteiger partial charge in [-0.25, -0.2) is 0 Å². The summed E-state index contributed by atoms with van der Waals surface area (Å²) >= 11 is 0. The summed E-state index contributed by atoms with van der Waals surface area (Å²) in [5.41, 5.74) is 10.7. The van der Waals surface area contributed by atoms with Gasteiger partial charge in [-0.15, -0.1) is 0 Å². The third-order valence-electron chi connectivity index (χ3n) is 4.29. The number of carbonyl (C=O) groups is 6. The molecule has 0 aliphatic heterocycles. The minimum absolute atomic E-state index is 0.0709. The number of carboxylic acid groups (broad SMARTS) is 2. The molecule has 0 saturated heterocycles. The lowest BCUT2D eigenvalue weighted by Gasteiger charge is -2.26. The van der Waals surface area contributed by atoms with Gasteiger partial charge >= 0.3 is 11.9 Å². The van der Waals surface area contributed by atoms with Crippen LogP contribution in [0.1, 0.15) is 46.5 Å². The first-order chi connectivity index (χ1) is 14.3. The van der Waals surface area contributed by atoms with Crippen molar-refractivity contribution >= 4 is 35.6 Å². The van der Waals surface area contributed by atoms with Gasteiger partial charge in [0.1, 0.15) is 18.1 Å². The molecule has 0 aromatic carbocycles. The largest absolute Gasteiger partial charge is 0.481 e. The predicted molar refractivity (Wildman–Crippen MR) is 107 cm³/mol. The molecule has 0 aliphatic carbocycles. The van der Waals surface area contributed by atoms with E-state index >= 15 is 0 Å². The number of nitrogens with one attached hydrogen (secondary N) is 3. The molecule has 4 amide bonds. The molecule has 0 aliphatic rings. The van der Waals surface area contributed by atoms with Crippen LogP contribution in [0.25, 0.3) is 0 Å². The topological polar surface area (TPSA) is 231 Å². The second-order valence-electron chi connectivity index (χ2n) is 7.40. The molecule has 4 atom stereocenters. The molecule has 13 nitrogen and oxygen atoms in total. The Bertz CT molecular complexity index is 696. The van der Waals surface area contributed by atoms with E-state index in [4.69, 9.17) is 21.7 Å². The molecular weight excluding hydrogens is 414 g/mol. The Morgan fingerprint density at radius 2 is 1.39 bits per heavy atom. The number of carboxylic acids is 2. The molecule has 0 aromatic rings. The Kier molecular flexibility index (Phi) is 11.8. The molecule has 0 saturated carbocycles. The Morgan fingerprint density at radius 3 is 1.84 bits per heavy atom. The normalized spacial score (nSPS) is 14.6. The van der Waals surface area contributed by atoms with Crippen LogP contribution in [0.3, 0.4) is 0 Å². The minimum Gasteiger partial charge on any atom is -0.481 e. The molecular formula is C18H31N5O8. The number of hydrogen-bond donors (Lipinski definition) is 7. The summed E-state index contributed by atoms with van der Waals surface area (Å²) in [5.74, 6) is -5.97. The summed E-state index contributed by atoms with van der Waals surface area (Å²) in [5, 5.41) is 24.8. The molecule has 13 heteroatoms. The SMILES string of the molecule is CC(NC(=O)C(NC(=O)C(CCC(=O)O)NC(=O)C(N)CCC(N)=O)C(C)C)C(=O)O. The van der Waals surface area contributed by atoms with E-state index in [1.54, 1.807) is 13.8 Å². The predicted octanol–water partition coefficient (Wildman–Crippen LogP) is -2.34. The lowest BCUT2D eigenvalue weighted by molar-refractivity contribution is -0.142. The Labute approximate surface area is 179 Å². The van der Waals surface area contributed by atoms with Crippen molar-refractivity contribution in [2.45, 2.75) is 70.6 Å². The maximum atomic E-state index is 12.7. The summed E-state index contributed by atoms with van der Waals surface area (Å²) in [7, 11) is 0. The first-order valence-corrected chi connectivity index (χ1v) is 9.65. The van der Waals surface area contributed by atoms with Gasteiger partial charge < -0.3 is 37.6 Å². The van der Waals surface area contributed by atoms with Crippen LogP contribution < -0.4 is 27.4 Å². The average Bonchev–Trinajstić information content (AvgIpc) is 2.65. The smallest absolute Gasteiger partial charge is 0.325 e. The molecule has 0 spiro atoms. The van der Waals surface area contributed by atoms with Gasteiger partial charge in [-0.3, -0.25) is 28.8 Å². The lowest BCUT2D eigenvalue weighted by atomic mass is 10.0. The van der Waals surface area contributed by atoms with Crippen LogP contribution in [0.2, 0.25) is 0 Å². The zero-order valence-electron chi connectivity index (χ0n) is 17.7. The van der Waals surface area contributed by atoms with E-state index in [9.17, 15) is 28.8 Å². The molecule has 9 N–H and O–H groups in total. The van der Waals surface area contributed by atoms with Gasteiger partial charge in [0.05, 0.1) is 6.04 Å². The maximum Gasteiger partial charge on any atom is 0.325 e. The minimum atomic E-state index is -1.32. The number of hydrogen-bond acceptors (Lipinski definition) is 7. The van der Waals surface area contributed by atoms with Crippen LogP contribution in [0.5, 0.6) is 0 Å². The van der Waals surface area contributed by atoms with Crippen molar-refractivity contribution in [1.29, 1.82) is 0 Å². The first-order valence-electron chi connectivity index (χ1n) is 9.65. The fourth-order valence-electron chi connectivity index (χ4n) is 2.40. The number of carbonyl (C=O) groups excluding carboxylic acids is 4. The second kappa shape index (κ2) is 13.2. The van der Waals surface area contributed by atoms with E-state index in [1.165, 1.54) is 6.92 Å². The maximum absolute atomic E-state index is 12.7. The second-order valence-corrected chi connectivity index (χ2v) is 7.40. The van der Waals surface area contributed by atoms with Gasteiger partial charge in [0.25, 0.3) is 0 Å². The van der Waals surface area contributed by atoms with Crippen LogP contribution in [0, 0.1) is 5.92 Å². The van der Waals surface area contributed by atoms with Gasteiger partial charge in [0.15, 0.2) is 0 Å². The first kappa shape index (κ1) is 27.8. The van der Waals surface area contributed by atoms with Crippen molar-refractivity contribution in [3.05, 3.63) is 0 Å². The van der Waals surface area contributed by atoms with Crippen LogP contribution in [-0.2, 0) is 28.8 Å². The highest BCUT2D eigenvalue weighted by Gasteiger charge is 2.31. The Balaban J connectivity index is 5.32. The number of nitrogens with two attached hydrogens (primary N) is 2. The number of primary amides is 1. The molecule has 0 bridgehead atoms. The summed E-state index contributed by atoms with van der Waals surface area (Å²) < 4.78 is 0. The van der Waals surface area contributed by atoms with Crippen molar-refractivity contribution in [3.63, 3.8) is 0 Å². The van der Waals surface area contributed by atoms with E-state index < -0.39 is 72.1 Å². The Morgan fingerprint density at radius 1 is 0.806 bits per heavy atom. The van der Waals surface area contributed by atoms with E-state index in [0.717, 1.165) is 0 Å². The molecule has 176 valence electrons. The molecule has 0 radical (unpaired) electrons. The third kappa shape index (κ3) is 10.9. The summed E-state index contributed by atoms with van der Waals surface area (Å²) in [6.45, 7) is 4.48. The molecule has 0 fully saturated rings. The quantitative estimate of drug-likeness (QED) is 0.151. The fourth-order valence-corrected chi connectivity index (χ4v) is 2.40. The standard InChI is InChI=1S/C18H31N5O8/c1-8(2)14(17(29)21-9(3)18(30)31)23-16(28)11(5-7-13(25)26)22-15(27)10(19)4-6-12(20)24/h8-11,14H,4-7,19H2,1-3H3,(H2,20,24)(H,21,29)(H,22,27)(H,23,28)(H,25,26)(H,30,31). The number of rotatable bonds is 14. The highest BCUT2D eigenvalue weighted by atomic mass is 16.4. The monoisotopic (exact) mass is 445 g/mol. The van der Waals surface area contributed by atoms with Crippen LogP contribution in [0.4, 0.5) is 0 Å². The molecule has 4 unspecified atom stereocenters. The van der Waals surface area contributed by atoms with Crippen LogP contribution in [-0.4, -0.2) is 69.9 Å². The summed E-state index contributed by atoms with van der Waals surface area (Å²) in [6.07, 6.45) is -0.965. The van der Waals surface area contributed by atoms with E-state index in [2.05, 4.69) is 16.0 Å². The number of aliphatic carboxylic acids is 2. The van der Waals surface area contributed by atoms with Crippen molar-refractivity contribution in [2.75, 3.05) is 0 Å². The molecule has 0 aromatic heterocycles. The highest BCUT2D eigenvalue weighted by Crippen LogP contribution is 2.06. The third-order valence-corrected chi connectivity index (χ3v) is 4.29. The van der Waals surface area contributed by atoms with Crippen LogP contribution in [0.15, 0.2) is 0 Å². The van der Waals surface area contributed by atoms with Gasteiger partial charge in [-0.2, -0.15) is 0 Å². The average molecular weight is 445 g/mol. The Hall–Kier alpha value is -3.22. The van der Waals surface area contributed by atoms with E-state index in [0.29, 0.717) is 0 Å². The zero-order valence-corrected chi connectivity index (χ0v) is 17.7. The fraction of sp³-hybridized carbons (Fsp3) is 0.667. The van der Waals surface area contributed by atoms with Crippen molar-refractivity contribution in [2.24, 2.45) is 17.4 Å². The molecule has 31 heavy (non-hydrogen) atoms.